The topological polar surface area (TPSA) is 96.9 Å². The number of aromatic amines is 1. The van der Waals surface area contributed by atoms with Gasteiger partial charge in [-0.25, -0.2) is 4.98 Å². The minimum Gasteiger partial charge on any atom is -0.493 e. The molecule has 0 radical (unpaired) electrons. The normalized spacial score (nSPS) is 12.2. The van der Waals surface area contributed by atoms with Gasteiger partial charge in [-0.2, -0.15) is 0 Å². The first-order valence-electron chi connectivity index (χ1n) is 10.6. The summed E-state index contributed by atoms with van der Waals surface area (Å²) in [5.41, 5.74) is 2.35. The van der Waals surface area contributed by atoms with Crippen LogP contribution in [-0.2, 0) is 6.54 Å². The van der Waals surface area contributed by atoms with Crippen LogP contribution in [0.1, 0.15) is 23.9 Å². The smallest absolute Gasteiger partial charge is 0.258 e. The van der Waals surface area contributed by atoms with E-state index in [9.17, 15) is 9.90 Å². The number of ether oxygens (including phenoxy) is 3. The average molecular weight is 442 g/mol. The van der Waals surface area contributed by atoms with Crippen molar-refractivity contribution in [2.24, 2.45) is 0 Å². The van der Waals surface area contributed by atoms with Crippen molar-refractivity contribution in [2.45, 2.75) is 33.4 Å². The minimum atomic E-state index is -0.689. The summed E-state index contributed by atoms with van der Waals surface area (Å²) >= 11 is 0. The maximum absolute atomic E-state index is 12.6. The maximum Gasteiger partial charge on any atom is 0.258 e. The zero-order valence-electron chi connectivity index (χ0n) is 19.3. The Kier molecular flexibility index (Phi) is 7.71. The molecule has 0 aliphatic heterocycles. The van der Waals surface area contributed by atoms with Crippen LogP contribution in [0.15, 0.2) is 35.1 Å². The number of methoxy groups -OCH3 is 2. The number of para-hydroxylation sites is 1. The predicted molar refractivity (Wildman–Crippen MR) is 124 cm³/mol. The molecule has 1 atom stereocenters. The molecular formula is C24H31N3O5. The first kappa shape index (κ1) is 23.6. The molecule has 0 aliphatic rings. The highest BCUT2D eigenvalue weighted by atomic mass is 16.5. The molecule has 0 bridgehead atoms. The summed E-state index contributed by atoms with van der Waals surface area (Å²) in [6, 6.07) is 9.26. The zero-order chi connectivity index (χ0) is 23.3. The van der Waals surface area contributed by atoms with Gasteiger partial charge in [0.15, 0.2) is 11.5 Å². The number of aryl methyl sites for hydroxylation is 2. The lowest BCUT2D eigenvalue weighted by Gasteiger charge is -2.24. The predicted octanol–water partition coefficient (Wildman–Crippen LogP) is 2.82. The van der Waals surface area contributed by atoms with Crippen LogP contribution in [0, 0.1) is 13.8 Å². The Hall–Kier alpha value is -3.10. The van der Waals surface area contributed by atoms with Crippen LogP contribution in [0.5, 0.6) is 17.2 Å². The summed E-state index contributed by atoms with van der Waals surface area (Å²) in [5, 5.41) is 11.0. The number of fused-ring (bicyclic) bond motifs is 1. The van der Waals surface area contributed by atoms with E-state index in [-0.39, 0.29) is 12.2 Å². The van der Waals surface area contributed by atoms with Gasteiger partial charge in [-0.05, 0) is 37.6 Å². The molecule has 1 aromatic heterocycles. The van der Waals surface area contributed by atoms with Crippen molar-refractivity contribution in [3.8, 4) is 17.2 Å². The molecular weight excluding hydrogens is 410 g/mol. The van der Waals surface area contributed by atoms with Crippen LogP contribution in [-0.4, -0.2) is 60.0 Å². The number of nitrogens with one attached hydrogen (secondary N) is 1. The molecule has 2 aromatic carbocycles. The first-order valence-corrected chi connectivity index (χ1v) is 10.6. The van der Waals surface area contributed by atoms with Gasteiger partial charge in [0.25, 0.3) is 5.56 Å². The number of hydrogen-bond acceptors (Lipinski definition) is 7. The highest BCUT2D eigenvalue weighted by Gasteiger charge is 2.16. The summed E-state index contributed by atoms with van der Waals surface area (Å²) in [4.78, 5) is 22.0. The Labute approximate surface area is 187 Å². The number of hydrogen-bond donors (Lipinski definition) is 2. The second-order valence-corrected chi connectivity index (χ2v) is 7.75. The Morgan fingerprint density at radius 3 is 2.41 bits per heavy atom. The number of likely N-dealkylation sites (N-methyl/N-ethyl adjacent to an activating group) is 1. The summed E-state index contributed by atoms with van der Waals surface area (Å²) in [6.45, 7) is 7.59. The van der Waals surface area contributed by atoms with E-state index in [1.807, 2.05) is 43.9 Å². The molecule has 0 fully saturated rings. The third kappa shape index (κ3) is 5.38. The summed E-state index contributed by atoms with van der Waals surface area (Å²) in [5.74, 6) is 2.30. The first-order chi connectivity index (χ1) is 15.4. The van der Waals surface area contributed by atoms with Crippen molar-refractivity contribution < 1.29 is 19.3 Å². The van der Waals surface area contributed by atoms with Crippen LogP contribution >= 0.6 is 0 Å². The summed E-state index contributed by atoms with van der Waals surface area (Å²) in [7, 11) is 3.06. The third-order valence-corrected chi connectivity index (χ3v) is 5.38. The van der Waals surface area contributed by atoms with E-state index in [0.29, 0.717) is 47.9 Å². The number of aliphatic hydroxyl groups is 1. The van der Waals surface area contributed by atoms with E-state index in [0.717, 1.165) is 16.9 Å². The van der Waals surface area contributed by atoms with E-state index >= 15 is 0 Å². The lowest BCUT2D eigenvalue weighted by atomic mass is 10.1. The lowest BCUT2D eigenvalue weighted by Crippen LogP contribution is -2.36. The highest BCUT2D eigenvalue weighted by Crippen LogP contribution is 2.30. The molecule has 2 N–H and O–H groups in total. The second-order valence-electron chi connectivity index (χ2n) is 7.75. The Morgan fingerprint density at radius 1 is 1.12 bits per heavy atom. The standard InChI is InChI=1S/C24H31N3O5/c1-6-27(12-17(28)14-32-23-15(2)8-7-9-16(23)3)13-22-25-19-11-21(31-5)20(30-4)10-18(19)24(29)26-22/h7-11,17,28H,6,12-14H2,1-5H3,(H,25,26,29). The van der Waals surface area contributed by atoms with Crippen LogP contribution in [0.25, 0.3) is 10.9 Å². The van der Waals surface area contributed by atoms with Crippen molar-refractivity contribution in [3.63, 3.8) is 0 Å². The van der Waals surface area contributed by atoms with Gasteiger partial charge in [0.1, 0.15) is 24.3 Å². The van der Waals surface area contributed by atoms with Crippen molar-refractivity contribution >= 4 is 10.9 Å². The third-order valence-electron chi connectivity index (χ3n) is 5.38. The number of aliphatic hydroxyl groups excluding tert-OH is 1. The van der Waals surface area contributed by atoms with E-state index in [4.69, 9.17) is 14.2 Å². The molecule has 0 amide bonds. The van der Waals surface area contributed by atoms with E-state index in [1.165, 1.54) is 7.11 Å². The molecule has 0 spiro atoms. The largest absolute Gasteiger partial charge is 0.493 e. The number of H-pyrrole nitrogens is 1. The molecule has 3 rings (SSSR count). The Balaban J connectivity index is 1.71. The molecule has 1 heterocycles. The van der Waals surface area contributed by atoms with Gasteiger partial charge in [0, 0.05) is 12.6 Å². The van der Waals surface area contributed by atoms with Crippen LogP contribution in [0.2, 0.25) is 0 Å². The van der Waals surface area contributed by atoms with Crippen molar-refractivity contribution in [2.75, 3.05) is 33.9 Å². The maximum atomic E-state index is 12.6. The Morgan fingerprint density at radius 2 is 1.78 bits per heavy atom. The molecule has 3 aromatic rings. The van der Waals surface area contributed by atoms with Crippen LogP contribution < -0.4 is 19.8 Å². The van der Waals surface area contributed by atoms with Crippen molar-refractivity contribution in [1.29, 1.82) is 0 Å². The average Bonchev–Trinajstić information content (AvgIpc) is 2.77. The van der Waals surface area contributed by atoms with Crippen LogP contribution in [0.4, 0.5) is 0 Å². The fourth-order valence-electron chi connectivity index (χ4n) is 3.66. The quantitative estimate of drug-likeness (QED) is 0.499. The molecule has 172 valence electrons. The lowest BCUT2D eigenvalue weighted by molar-refractivity contribution is 0.0662. The monoisotopic (exact) mass is 441 g/mol. The molecule has 8 heteroatoms. The van der Waals surface area contributed by atoms with E-state index < -0.39 is 6.10 Å². The minimum absolute atomic E-state index is 0.181. The number of nitrogens with zero attached hydrogens (tertiary/aromatic N) is 2. The molecule has 0 aliphatic carbocycles. The van der Waals surface area contributed by atoms with Gasteiger partial charge >= 0.3 is 0 Å². The second kappa shape index (κ2) is 10.5. The molecule has 0 saturated heterocycles. The number of benzene rings is 2. The Bertz CT molecular complexity index is 1110. The summed E-state index contributed by atoms with van der Waals surface area (Å²) in [6.07, 6.45) is -0.689. The van der Waals surface area contributed by atoms with Crippen molar-refractivity contribution in [3.05, 3.63) is 57.6 Å². The summed E-state index contributed by atoms with van der Waals surface area (Å²) < 4.78 is 16.5. The zero-order valence-corrected chi connectivity index (χ0v) is 19.3. The van der Waals surface area contributed by atoms with Crippen LogP contribution in [0.3, 0.4) is 0 Å². The highest BCUT2D eigenvalue weighted by molar-refractivity contribution is 5.81. The molecule has 8 nitrogen and oxygen atoms in total. The van der Waals surface area contributed by atoms with Gasteiger partial charge in [0.2, 0.25) is 0 Å². The fraction of sp³-hybridized carbons (Fsp3) is 0.417. The van der Waals surface area contributed by atoms with Gasteiger partial charge < -0.3 is 24.3 Å². The molecule has 0 saturated carbocycles. The van der Waals surface area contributed by atoms with E-state index in [2.05, 4.69) is 9.97 Å². The fourth-order valence-corrected chi connectivity index (χ4v) is 3.66. The number of rotatable bonds is 10. The van der Waals surface area contributed by atoms with Crippen molar-refractivity contribution in [1.82, 2.24) is 14.9 Å². The van der Waals surface area contributed by atoms with Gasteiger partial charge in [-0.1, -0.05) is 25.1 Å². The van der Waals surface area contributed by atoms with Gasteiger partial charge in [0.05, 0.1) is 31.7 Å². The number of aromatic nitrogens is 2. The SMILES string of the molecule is CCN(Cc1nc2cc(OC)c(OC)cc2c(=O)[nH]1)CC(O)COc1c(C)cccc1C. The molecule has 1 unspecified atom stereocenters. The van der Waals surface area contributed by atoms with E-state index in [1.54, 1.807) is 19.2 Å². The van der Waals surface area contributed by atoms with Gasteiger partial charge in [-0.3, -0.25) is 9.69 Å². The van der Waals surface area contributed by atoms with Gasteiger partial charge in [-0.15, -0.1) is 0 Å². The molecule has 32 heavy (non-hydrogen) atoms.